The molecule has 0 unspecified atom stereocenters. The van der Waals surface area contributed by atoms with Crippen molar-refractivity contribution in [2.75, 3.05) is 0 Å². The topological polar surface area (TPSA) is 65.5 Å². The van der Waals surface area contributed by atoms with Gasteiger partial charge in [0.05, 0.1) is 5.52 Å². The molecule has 4 aromatic rings. The minimum atomic E-state index is -0.649. The summed E-state index contributed by atoms with van der Waals surface area (Å²) in [6.07, 6.45) is 3.68. The Morgan fingerprint density at radius 3 is 2.59 bits per heavy atom. The van der Waals surface area contributed by atoms with Gasteiger partial charge in [0.1, 0.15) is 5.84 Å². The maximum atomic E-state index is 14.3. The van der Waals surface area contributed by atoms with Crippen LogP contribution in [0.25, 0.3) is 22.0 Å². The van der Waals surface area contributed by atoms with Crippen molar-refractivity contribution in [3.8, 4) is 11.1 Å². The molecule has 27 heavy (non-hydrogen) atoms. The van der Waals surface area contributed by atoms with Crippen molar-refractivity contribution in [1.82, 2.24) is 9.55 Å². The first-order valence-corrected chi connectivity index (χ1v) is 8.55. The Morgan fingerprint density at radius 1 is 0.963 bits per heavy atom. The molecule has 0 aliphatic rings. The minimum Gasteiger partial charge on any atom is -0.288 e. The second-order valence-corrected chi connectivity index (χ2v) is 6.32. The molecule has 2 aromatic heterocycles. The van der Waals surface area contributed by atoms with Crippen LogP contribution in [0.4, 0.5) is 4.39 Å². The molecule has 0 aliphatic carbocycles. The van der Waals surface area contributed by atoms with Crippen LogP contribution in [0.15, 0.2) is 79.1 Å². The molecule has 0 saturated heterocycles. The van der Waals surface area contributed by atoms with E-state index in [0.29, 0.717) is 12.0 Å². The summed E-state index contributed by atoms with van der Waals surface area (Å²) in [6, 6.07) is 20.4. The lowest BCUT2D eigenvalue weighted by atomic mass is 10.1. The van der Waals surface area contributed by atoms with Gasteiger partial charge in [-0.1, -0.05) is 42.5 Å². The normalized spacial score (nSPS) is 10.9. The molecule has 5 heteroatoms. The molecule has 2 heterocycles. The number of aromatic nitrogens is 2. The molecule has 4 nitrogen and oxygen atoms in total. The SMILES string of the molecule is N=C(Cc1ccc2ncccc2c1)n1cc(-c2ccccc2)cc(F)c1=N. The number of nitrogens with zero attached hydrogens (tertiary/aromatic N) is 2. The molecule has 0 aliphatic heterocycles. The number of halogens is 1. The summed E-state index contributed by atoms with van der Waals surface area (Å²) in [7, 11) is 0. The average Bonchev–Trinajstić information content (AvgIpc) is 2.70. The highest BCUT2D eigenvalue weighted by Gasteiger charge is 2.10. The van der Waals surface area contributed by atoms with E-state index < -0.39 is 5.82 Å². The first-order valence-electron chi connectivity index (χ1n) is 8.55. The molecule has 0 radical (unpaired) electrons. The van der Waals surface area contributed by atoms with Gasteiger partial charge in [-0.05, 0) is 35.4 Å². The van der Waals surface area contributed by atoms with E-state index >= 15 is 0 Å². The average molecular weight is 356 g/mol. The van der Waals surface area contributed by atoms with Gasteiger partial charge in [-0.2, -0.15) is 0 Å². The third kappa shape index (κ3) is 3.40. The lowest BCUT2D eigenvalue weighted by Gasteiger charge is -2.12. The molecule has 0 spiro atoms. The maximum absolute atomic E-state index is 14.3. The fourth-order valence-corrected chi connectivity index (χ4v) is 3.08. The number of fused-ring (bicyclic) bond motifs is 1. The van der Waals surface area contributed by atoms with Crippen LogP contribution in [0.1, 0.15) is 5.56 Å². The van der Waals surface area contributed by atoms with E-state index in [1.807, 2.05) is 60.7 Å². The maximum Gasteiger partial charge on any atom is 0.167 e. The second-order valence-electron chi connectivity index (χ2n) is 6.32. The number of benzene rings is 2. The van der Waals surface area contributed by atoms with Crippen LogP contribution in [0, 0.1) is 16.6 Å². The third-order valence-corrected chi connectivity index (χ3v) is 4.45. The van der Waals surface area contributed by atoms with E-state index in [1.165, 1.54) is 10.6 Å². The number of rotatable bonds is 3. The summed E-state index contributed by atoms with van der Waals surface area (Å²) >= 11 is 0. The Balaban J connectivity index is 1.70. The smallest absolute Gasteiger partial charge is 0.167 e. The molecule has 0 bridgehead atoms. The fraction of sp³-hybridized carbons (Fsp3) is 0.0455. The highest BCUT2D eigenvalue weighted by Crippen LogP contribution is 2.19. The number of pyridine rings is 2. The van der Waals surface area contributed by atoms with E-state index in [0.717, 1.165) is 22.0 Å². The van der Waals surface area contributed by atoms with Crippen LogP contribution in [-0.4, -0.2) is 15.4 Å². The molecule has 0 saturated carbocycles. The van der Waals surface area contributed by atoms with E-state index in [9.17, 15) is 4.39 Å². The van der Waals surface area contributed by atoms with Crippen molar-refractivity contribution in [2.45, 2.75) is 6.42 Å². The number of nitrogens with one attached hydrogen (secondary N) is 2. The zero-order chi connectivity index (χ0) is 18.8. The standard InChI is InChI=1S/C22H17FN4/c23-19-13-18(16-5-2-1-3-6-16)14-27(22(19)25)21(24)12-15-8-9-20-17(11-15)7-4-10-26-20/h1-11,13-14,24-25H,12H2. The van der Waals surface area contributed by atoms with Gasteiger partial charge in [0.2, 0.25) is 0 Å². The van der Waals surface area contributed by atoms with Crippen LogP contribution in [-0.2, 0) is 6.42 Å². The van der Waals surface area contributed by atoms with E-state index in [-0.39, 0.29) is 11.3 Å². The molecule has 132 valence electrons. The van der Waals surface area contributed by atoms with Crippen LogP contribution in [0.3, 0.4) is 0 Å². The molecular formula is C22H17FN4. The molecule has 0 fully saturated rings. The van der Waals surface area contributed by atoms with Crippen molar-refractivity contribution >= 4 is 16.7 Å². The molecule has 0 atom stereocenters. The third-order valence-electron chi connectivity index (χ3n) is 4.45. The van der Waals surface area contributed by atoms with Crippen molar-refractivity contribution < 1.29 is 4.39 Å². The fourth-order valence-electron chi connectivity index (χ4n) is 3.08. The van der Waals surface area contributed by atoms with Crippen LogP contribution < -0.4 is 5.49 Å². The molecule has 2 aromatic carbocycles. The van der Waals surface area contributed by atoms with Gasteiger partial charge >= 0.3 is 0 Å². The van der Waals surface area contributed by atoms with Crippen molar-refractivity contribution in [3.05, 3.63) is 96.0 Å². The van der Waals surface area contributed by atoms with Gasteiger partial charge < -0.3 is 0 Å². The molecule has 2 N–H and O–H groups in total. The van der Waals surface area contributed by atoms with Gasteiger partial charge in [-0.3, -0.25) is 20.4 Å². The second kappa shape index (κ2) is 6.96. The lowest BCUT2D eigenvalue weighted by Crippen LogP contribution is -2.30. The van der Waals surface area contributed by atoms with Crippen molar-refractivity contribution in [1.29, 1.82) is 10.8 Å². The zero-order valence-electron chi connectivity index (χ0n) is 14.5. The summed E-state index contributed by atoms with van der Waals surface area (Å²) in [5.74, 6) is -0.510. The first kappa shape index (κ1) is 16.8. The van der Waals surface area contributed by atoms with Gasteiger partial charge in [-0.15, -0.1) is 0 Å². The lowest BCUT2D eigenvalue weighted by molar-refractivity contribution is 0.590. The Bertz CT molecular complexity index is 1200. The predicted octanol–water partition coefficient (Wildman–Crippen LogP) is 4.39. The summed E-state index contributed by atoms with van der Waals surface area (Å²) in [6.45, 7) is 0. The summed E-state index contributed by atoms with van der Waals surface area (Å²) in [4.78, 5) is 4.29. The number of hydrogen-bond donors (Lipinski definition) is 2. The Kier molecular flexibility index (Phi) is 4.34. The summed E-state index contributed by atoms with van der Waals surface area (Å²) in [5.41, 5.74) is 2.96. The zero-order valence-corrected chi connectivity index (χ0v) is 14.5. The first-order chi connectivity index (χ1) is 13.1. The van der Waals surface area contributed by atoms with Gasteiger partial charge in [0, 0.05) is 29.8 Å². The monoisotopic (exact) mass is 356 g/mol. The molecule has 4 rings (SSSR count). The largest absolute Gasteiger partial charge is 0.288 e. The Labute approximate surface area is 155 Å². The van der Waals surface area contributed by atoms with E-state index in [1.54, 1.807) is 12.4 Å². The van der Waals surface area contributed by atoms with Gasteiger partial charge in [-0.25, -0.2) is 4.39 Å². The Morgan fingerprint density at radius 2 is 1.78 bits per heavy atom. The number of hydrogen-bond acceptors (Lipinski definition) is 3. The van der Waals surface area contributed by atoms with Crippen molar-refractivity contribution in [3.63, 3.8) is 0 Å². The molecular weight excluding hydrogens is 339 g/mol. The highest BCUT2D eigenvalue weighted by molar-refractivity contribution is 5.86. The van der Waals surface area contributed by atoms with E-state index in [2.05, 4.69) is 4.98 Å². The van der Waals surface area contributed by atoms with Gasteiger partial charge in [0.15, 0.2) is 11.3 Å². The quantitative estimate of drug-likeness (QED) is 0.415. The van der Waals surface area contributed by atoms with Crippen molar-refractivity contribution in [2.24, 2.45) is 0 Å². The molecule has 0 amide bonds. The predicted molar refractivity (Wildman–Crippen MR) is 104 cm³/mol. The minimum absolute atomic E-state index is 0.139. The highest BCUT2D eigenvalue weighted by atomic mass is 19.1. The van der Waals surface area contributed by atoms with Gasteiger partial charge in [0.25, 0.3) is 0 Å². The van der Waals surface area contributed by atoms with E-state index in [4.69, 9.17) is 10.8 Å². The summed E-state index contributed by atoms with van der Waals surface area (Å²) < 4.78 is 15.6. The van der Waals surface area contributed by atoms with Crippen LogP contribution >= 0.6 is 0 Å². The van der Waals surface area contributed by atoms with Crippen LogP contribution in [0.5, 0.6) is 0 Å². The Hall–Kier alpha value is -3.60. The van der Waals surface area contributed by atoms with Crippen LogP contribution in [0.2, 0.25) is 0 Å². The summed E-state index contributed by atoms with van der Waals surface area (Å²) in [5, 5.41) is 17.4.